The predicted octanol–water partition coefficient (Wildman–Crippen LogP) is 6.57. The number of amidine groups is 1. The topological polar surface area (TPSA) is 63.8 Å². The number of hydrogen-bond donors (Lipinski definition) is 1. The summed E-state index contributed by atoms with van der Waals surface area (Å²) in [6, 6.07) is 15.3. The molecule has 1 saturated heterocycles. The summed E-state index contributed by atoms with van der Waals surface area (Å²) >= 11 is 20.0. The number of nitriles is 1. The third-order valence-corrected chi connectivity index (χ3v) is 7.40. The number of likely N-dealkylation sites (tertiary alicyclic amines) is 1. The van der Waals surface area contributed by atoms with Crippen molar-refractivity contribution >= 4 is 67.8 Å². The largest absolute Gasteiger partial charge is 0.317 e. The third kappa shape index (κ3) is 3.04. The van der Waals surface area contributed by atoms with Crippen LogP contribution in [0.4, 0.5) is 0 Å². The lowest BCUT2D eigenvalue weighted by Gasteiger charge is -2.34. The van der Waals surface area contributed by atoms with Gasteiger partial charge in [-0.1, -0.05) is 53.6 Å². The molecule has 2 aromatic carbocycles. The van der Waals surface area contributed by atoms with E-state index in [1.54, 1.807) is 23.1 Å². The normalized spacial score (nSPS) is 22.0. The van der Waals surface area contributed by atoms with E-state index in [0.29, 0.717) is 25.6 Å². The highest BCUT2D eigenvalue weighted by Crippen LogP contribution is 2.52. The number of fused-ring (bicyclic) bond motifs is 1. The summed E-state index contributed by atoms with van der Waals surface area (Å²) in [4.78, 5) is 7.00. The first-order valence-electron chi connectivity index (χ1n) is 9.26. The number of thiazole rings is 1. The van der Waals surface area contributed by atoms with E-state index in [2.05, 4.69) is 6.07 Å². The number of hydrogen-bond acceptors (Lipinski definition) is 5. The van der Waals surface area contributed by atoms with Crippen molar-refractivity contribution in [3.63, 3.8) is 0 Å². The maximum Gasteiger partial charge on any atom is 0.179 e. The number of rotatable bonds is 2. The molecule has 1 N–H and O–H groups in total. The van der Waals surface area contributed by atoms with Crippen LogP contribution in [0.2, 0.25) is 10.0 Å². The summed E-state index contributed by atoms with van der Waals surface area (Å²) in [6.07, 6.45) is 0. The van der Waals surface area contributed by atoms with Gasteiger partial charge in [-0.2, -0.15) is 5.26 Å². The fourth-order valence-corrected chi connectivity index (χ4v) is 6.26. The number of nitrogens with zero attached hydrogens (tertiary/aromatic N) is 3. The molecule has 0 bridgehead atoms. The first-order valence-corrected chi connectivity index (χ1v) is 11.2. The second kappa shape index (κ2) is 7.28. The van der Waals surface area contributed by atoms with Crippen molar-refractivity contribution in [1.82, 2.24) is 9.88 Å². The Bertz CT molecular complexity index is 1200. The zero-order chi connectivity index (χ0) is 21.8. The summed E-state index contributed by atoms with van der Waals surface area (Å²) in [5, 5.41) is 21.1. The Balaban J connectivity index is 2.04. The van der Waals surface area contributed by atoms with E-state index in [4.69, 9.17) is 45.8 Å². The lowest BCUT2D eigenvalue weighted by molar-refractivity contribution is 0.346. The highest BCUT2D eigenvalue weighted by atomic mass is 35.5. The lowest BCUT2D eigenvalue weighted by Crippen LogP contribution is -2.47. The standard InChI is InChI=1S/C22H18Cl2N4S2/c1-21(2,3)28-18(29)17(13-9-8-12(23)10-14(13)24)22(11-25,19(28)26)20-27-15-6-4-5-7-16(15)30-20/h4-10,17,26H,1-3H3/t17-,22+/m0/s1. The zero-order valence-electron chi connectivity index (χ0n) is 16.5. The van der Waals surface area contributed by atoms with Gasteiger partial charge in [0.05, 0.1) is 27.2 Å². The average Bonchev–Trinajstić information content (AvgIpc) is 3.19. The number of para-hydroxylation sites is 1. The van der Waals surface area contributed by atoms with Crippen LogP contribution in [0, 0.1) is 16.7 Å². The molecule has 1 aliphatic rings. The van der Waals surface area contributed by atoms with Crippen molar-refractivity contribution in [2.45, 2.75) is 37.6 Å². The Morgan fingerprint density at radius 1 is 1.23 bits per heavy atom. The van der Waals surface area contributed by atoms with Crippen LogP contribution in [0.15, 0.2) is 42.5 Å². The fraction of sp³-hybridized carbons (Fsp3) is 0.273. The highest BCUT2D eigenvalue weighted by molar-refractivity contribution is 7.80. The van der Waals surface area contributed by atoms with Gasteiger partial charge in [0, 0.05) is 15.6 Å². The molecule has 2 heterocycles. The van der Waals surface area contributed by atoms with Gasteiger partial charge >= 0.3 is 0 Å². The molecular formula is C22H18Cl2N4S2. The average molecular weight is 473 g/mol. The van der Waals surface area contributed by atoms with Crippen LogP contribution in [0.25, 0.3) is 10.2 Å². The van der Waals surface area contributed by atoms with E-state index in [-0.39, 0.29) is 5.84 Å². The number of nitrogens with one attached hydrogen (secondary N) is 1. The Kier molecular flexibility index (Phi) is 5.14. The van der Waals surface area contributed by atoms with Gasteiger partial charge in [-0.25, -0.2) is 4.98 Å². The smallest absolute Gasteiger partial charge is 0.179 e. The minimum absolute atomic E-state index is 0.123. The Morgan fingerprint density at radius 3 is 2.53 bits per heavy atom. The van der Waals surface area contributed by atoms with Crippen molar-refractivity contribution in [3.05, 3.63) is 63.1 Å². The maximum atomic E-state index is 10.6. The third-order valence-electron chi connectivity index (χ3n) is 5.25. The second-order valence-electron chi connectivity index (χ2n) is 8.20. The van der Waals surface area contributed by atoms with Crippen LogP contribution >= 0.6 is 46.8 Å². The highest BCUT2D eigenvalue weighted by Gasteiger charge is 2.61. The van der Waals surface area contributed by atoms with Gasteiger partial charge in [-0.15, -0.1) is 11.3 Å². The summed E-state index contributed by atoms with van der Waals surface area (Å²) in [5.74, 6) is -0.507. The maximum absolute atomic E-state index is 10.6. The van der Waals surface area contributed by atoms with Crippen LogP contribution in [0.1, 0.15) is 37.3 Å². The Labute approximate surface area is 194 Å². The van der Waals surface area contributed by atoms with Crippen molar-refractivity contribution in [1.29, 1.82) is 10.7 Å². The van der Waals surface area contributed by atoms with E-state index >= 15 is 0 Å². The van der Waals surface area contributed by atoms with Gasteiger partial charge in [-0.05, 0) is 50.6 Å². The van der Waals surface area contributed by atoms with Crippen molar-refractivity contribution in [2.24, 2.45) is 0 Å². The summed E-state index contributed by atoms with van der Waals surface area (Å²) in [6.45, 7) is 5.92. The van der Waals surface area contributed by atoms with Crippen LogP contribution < -0.4 is 0 Å². The SMILES string of the molecule is CC(C)(C)N1C(=N)[C@](C#N)(c2nc3ccccc3s2)[C@@H](c2ccc(Cl)cc2Cl)C1=S. The minimum atomic E-state index is -1.38. The molecule has 0 radical (unpaired) electrons. The molecule has 8 heteroatoms. The number of thiocarbonyl (C=S) groups is 1. The molecule has 4 nitrogen and oxygen atoms in total. The van der Waals surface area contributed by atoms with E-state index in [1.165, 1.54) is 11.3 Å². The number of aromatic nitrogens is 1. The van der Waals surface area contributed by atoms with E-state index in [1.807, 2.05) is 45.0 Å². The lowest BCUT2D eigenvalue weighted by atomic mass is 9.75. The van der Waals surface area contributed by atoms with Gasteiger partial charge in [0.2, 0.25) is 0 Å². The summed E-state index contributed by atoms with van der Waals surface area (Å²) in [5.41, 5.74) is -0.407. The quantitative estimate of drug-likeness (QED) is 0.428. The van der Waals surface area contributed by atoms with Crippen molar-refractivity contribution in [3.8, 4) is 6.07 Å². The molecule has 0 spiro atoms. The number of benzene rings is 2. The first kappa shape index (κ1) is 21.2. The second-order valence-corrected chi connectivity index (χ2v) is 10.5. The predicted molar refractivity (Wildman–Crippen MR) is 128 cm³/mol. The van der Waals surface area contributed by atoms with Crippen molar-refractivity contribution < 1.29 is 0 Å². The van der Waals surface area contributed by atoms with E-state index in [9.17, 15) is 5.26 Å². The van der Waals surface area contributed by atoms with E-state index < -0.39 is 16.9 Å². The molecule has 4 rings (SSSR count). The van der Waals surface area contributed by atoms with Gasteiger partial charge < -0.3 is 4.90 Å². The molecule has 0 aliphatic carbocycles. The number of halogens is 2. The fourth-order valence-electron chi connectivity index (χ4n) is 3.94. The molecule has 1 fully saturated rings. The Hall–Kier alpha value is -2.04. The minimum Gasteiger partial charge on any atom is -0.317 e. The molecule has 2 atom stereocenters. The summed E-state index contributed by atoms with van der Waals surface area (Å²) < 4.78 is 0.955. The molecule has 0 unspecified atom stereocenters. The molecule has 1 aromatic heterocycles. The van der Waals surface area contributed by atoms with Crippen molar-refractivity contribution in [2.75, 3.05) is 0 Å². The monoisotopic (exact) mass is 472 g/mol. The molecule has 0 saturated carbocycles. The first-order chi connectivity index (χ1) is 14.1. The molecular weight excluding hydrogens is 455 g/mol. The van der Waals surface area contributed by atoms with Gasteiger partial charge in [0.15, 0.2) is 5.41 Å². The van der Waals surface area contributed by atoms with Crippen LogP contribution in [-0.4, -0.2) is 26.2 Å². The summed E-state index contributed by atoms with van der Waals surface area (Å²) in [7, 11) is 0. The molecule has 30 heavy (non-hydrogen) atoms. The van der Waals surface area contributed by atoms with E-state index in [0.717, 1.165) is 10.2 Å². The van der Waals surface area contributed by atoms with Crippen LogP contribution in [0.3, 0.4) is 0 Å². The van der Waals surface area contributed by atoms with Crippen LogP contribution in [0.5, 0.6) is 0 Å². The molecule has 1 aliphatic heterocycles. The van der Waals surface area contributed by atoms with Crippen LogP contribution in [-0.2, 0) is 5.41 Å². The van der Waals surface area contributed by atoms with Gasteiger partial charge in [0.1, 0.15) is 10.8 Å². The molecule has 0 amide bonds. The van der Waals surface area contributed by atoms with Gasteiger partial charge in [0.25, 0.3) is 0 Å². The van der Waals surface area contributed by atoms with Gasteiger partial charge in [-0.3, -0.25) is 5.41 Å². The molecule has 152 valence electrons. The Morgan fingerprint density at radius 2 is 1.93 bits per heavy atom. The zero-order valence-corrected chi connectivity index (χ0v) is 19.7. The molecule has 3 aromatic rings.